The molecule has 100 valence electrons. The third kappa shape index (κ3) is 4.26. The van der Waals surface area contributed by atoms with Crippen molar-refractivity contribution in [2.24, 2.45) is 17.8 Å². The Kier molecular flexibility index (Phi) is 5.30. The first-order valence-electron chi connectivity index (χ1n) is 7.45. The Morgan fingerprint density at radius 2 is 2.06 bits per heavy atom. The molecule has 1 saturated carbocycles. The van der Waals surface area contributed by atoms with Gasteiger partial charge in [-0.1, -0.05) is 33.1 Å². The van der Waals surface area contributed by atoms with Gasteiger partial charge in [0.1, 0.15) is 0 Å². The molecule has 0 bridgehead atoms. The zero-order chi connectivity index (χ0) is 12.1. The summed E-state index contributed by atoms with van der Waals surface area (Å²) < 4.78 is 11.5. The second-order valence-corrected chi connectivity index (χ2v) is 6.19. The fraction of sp³-hybridized carbons (Fsp3) is 1.00. The quantitative estimate of drug-likeness (QED) is 0.749. The fourth-order valence-corrected chi connectivity index (χ4v) is 3.42. The zero-order valence-electron chi connectivity index (χ0n) is 11.5. The lowest BCUT2D eigenvalue weighted by atomic mass is 9.77. The summed E-state index contributed by atoms with van der Waals surface area (Å²) in [4.78, 5) is 0. The van der Waals surface area contributed by atoms with Gasteiger partial charge in [0.2, 0.25) is 0 Å². The Morgan fingerprint density at radius 1 is 1.18 bits per heavy atom. The molecular formula is C15H28O2. The number of hydrogen-bond acceptors (Lipinski definition) is 2. The first-order valence-corrected chi connectivity index (χ1v) is 7.45. The van der Waals surface area contributed by atoms with E-state index in [0.29, 0.717) is 12.0 Å². The molecule has 17 heavy (non-hydrogen) atoms. The molecule has 4 unspecified atom stereocenters. The Labute approximate surface area is 106 Å². The van der Waals surface area contributed by atoms with E-state index in [4.69, 9.17) is 9.47 Å². The predicted octanol–water partition coefficient (Wildman–Crippen LogP) is 3.64. The van der Waals surface area contributed by atoms with Crippen LogP contribution in [0.25, 0.3) is 0 Å². The zero-order valence-corrected chi connectivity index (χ0v) is 11.5. The van der Waals surface area contributed by atoms with Crippen LogP contribution in [0.4, 0.5) is 0 Å². The van der Waals surface area contributed by atoms with E-state index in [-0.39, 0.29) is 0 Å². The first kappa shape index (κ1) is 13.4. The molecule has 0 spiro atoms. The van der Waals surface area contributed by atoms with Crippen molar-refractivity contribution in [3.63, 3.8) is 0 Å². The Morgan fingerprint density at radius 3 is 2.88 bits per heavy atom. The van der Waals surface area contributed by atoms with Crippen LogP contribution in [0.2, 0.25) is 0 Å². The van der Waals surface area contributed by atoms with Crippen molar-refractivity contribution in [3.05, 3.63) is 0 Å². The van der Waals surface area contributed by atoms with Gasteiger partial charge in [0.15, 0.2) is 0 Å². The average molecular weight is 240 g/mol. The molecule has 0 N–H and O–H groups in total. The molecule has 0 aromatic heterocycles. The van der Waals surface area contributed by atoms with Gasteiger partial charge >= 0.3 is 0 Å². The molecule has 1 aliphatic heterocycles. The van der Waals surface area contributed by atoms with Crippen LogP contribution >= 0.6 is 0 Å². The van der Waals surface area contributed by atoms with E-state index in [1.807, 2.05) is 0 Å². The lowest BCUT2D eigenvalue weighted by Gasteiger charge is -2.31. The van der Waals surface area contributed by atoms with E-state index >= 15 is 0 Å². The van der Waals surface area contributed by atoms with E-state index in [2.05, 4.69) is 13.8 Å². The lowest BCUT2D eigenvalue weighted by molar-refractivity contribution is -0.0145. The lowest BCUT2D eigenvalue weighted by Crippen LogP contribution is -2.28. The standard InChI is InChI=1S/C15H28O2/c1-12-5-3-6-14(9-12)10-13(2)15-11-16-7-4-8-17-15/h12-15H,3-11H2,1-2H3. The maximum atomic E-state index is 5.91. The smallest absolute Gasteiger partial charge is 0.0834 e. The second-order valence-electron chi connectivity index (χ2n) is 6.19. The molecule has 0 aromatic carbocycles. The molecule has 0 amide bonds. The molecule has 0 aromatic rings. The average Bonchev–Trinajstić information content (AvgIpc) is 2.57. The van der Waals surface area contributed by atoms with E-state index in [0.717, 1.165) is 38.1 Å². The molecule has 0 radical (unpaired) electrons. The molecule has 2 nitrogen and oxygen atoms in total. The van der Waals surface area contributed by atoms with Gasteiger partial charge in [-0.25, -0.2) is 0 Å². The second kappa shape index (κ2) is 6.75. The van der Waals surface area contributed by atoms with Crippen LogP contribution in [0.3, 0.4) is 0 Å². The highest BCUT2D eigenvalue weighted by Crippen LogP contribution is 2.34. The number of ether oxygens (including phenoxy) is 2. The van der Waals surface area contributed by atoms with Crippen LogP contribution in [0.15, 0.2) is 0 Å². The van der Waals surface area contributed by atoms with Crippen LogP contribution in [-0.4, -0.2) is 25.9 Å². The van der Waals surface area contributed by atoms with Gasteiger partial charge in [0.05, 0.1) is 12.7 Å². The molecule has 2 heteroatoms. The Bertz CT molecular complexity index is 209. The van der Waals surface area contributed by atoms with Gasteiger partial charge in [0, 0.05) is 13.2 Å². The minimum Gasteiger partial charge on any atom is -0.379 e. The van der Waals surface area contributed by atoms with Crippen molar-refractivity contribution in [1.29, 1.82) is 0 Å². The van der Waals surface area contributed by atoms with Crippen LogP contribution in [0.1, 0.15) is 52.4 Å². The molecule has 1 heterocycles. The van der Waals surface area contributed by atoms with Gasteiger partial charge in [0.25, 0.3) is 0 Å². The van der Waals surface area contributed by atoms with Crippen molar-refractivity contribution in [3.8, 4) is 0 Å². The SMILES string of the molecule is CC1CCCC(CC(C)C2COCCCO2)C1. The minimum atomic E-state index is 0.342. The van der Waals surface area contributed by atoms with Crippen LogP contribution in [0, 0.1) is 17.8 Å². The van der Waals surface area contributed by atoms with Crippen molar-refractivity contribution in [2.75, 3.05) is 19.8 Å². The molecule has 2 rings (SSSR count). The summed E-state index contributed by atoms with van der Waals surface area (Å²) in [7, 11) is 0. The van der Waals surface area contributed by atoms with E-state index in [9.17, 15) is 0 Å². The van der Waals surface area contributed by atoms with Crippen molar-refractivity contribution in [2.45, 2.75) is 58.5 Å². The molecule has 4 atom stereocenters. The maximum Gasteiger partial charge on any atom is 0.0834 e. The molecule has 2 aliphatic rings. The summed E-state index contributed by atoms with van der Waals surface area (Å²) in [5.41, 5.74) is 0. The van der Waals surface area contributed by atoms with Gasteiger partial charge < -0.3 is 9.47 Å². The predicted molar refractivity (Wildman–Crippen MR) is 70.1 cm³/mol. The summed E-state index contributed by atoms with van der Waals surface area (Å²) in [6, 6.07) is 0. The summed E-state index contributed by atoms with van der Waals surface area (Å²) in [6.07, 6.45) is 8.46. The topological polar surface area (TPSA) is 18.5 Å². The van der Waals surface area contributed by atoms with Gasteiger partial charge in [-0.2, -0.15) is 0 Å². The van der Waals surface area contributed by atoms with Crippen LogP contribution < -0.4 is 0 Å². The summed E-state index contributed by atoms with van der Waals surface area (Å²) in [5, 5.41) is 0. The monoisotopic (exact) mass is 240 g/mol. The highest BCUT2D eigenvalue weighted by Gasteiger charge is 2.26. The molecular weight excluding hydrogens is 212 g/mol. The van der Waals surface area contributed by atoms with Crippen molar-refractivity contribution in [1.82, 2.24) is 0 Å². The van der Waals surface area contributed by atoms with Gasteiger partial charge in [-0.15, -0.1) is 0 Å². The summed E-state index contributed by atoms with van der Waals surface area (Å²) in [6.45, 7) is 7.32. The van der Waals surface area contributed by atoms with Gasteiger partial charge in [-0.05, 0) is 37.0 Å². The summed E-state index contributed by atoms with van der Waals surface area (Å²) >= 11 is 0. The first-order chi connectivity index (χ1) is 8.25. The van der Waals surface area contributed by atoms with Crippen molar-refractivity contribution >= 4 is 0 Å². The largest absolute Gasteiger partial charge is 0.379 e. The van der Waals surface area contributed by atoms with E-state index in [1.165, 1.54) is 32.1 Å². The highest BCUT2D eigenvalue weighted by atomic mass is 16.5. The third-order valence-electron chi connectivity index (χ3n) is 4.43. The molecule has 2 fully saturated rings. The normalized spacial score (nSPS) is 37.4. The third-order valence-corrected chi connectivity index (χ3v) is 4.43. The summed E-state index contributed by atoms with van der Waals surface area (Å²) in [5.74, 6) is 2.52. The Balaban J connectivity index is 1.76. The van der Waals surface area contributed by atoms with Crippen molar-refractivity contribution < 1.29 is 9.47 Å². The minimum absolute atomic E-state index is 0.342. The molecule has 1 saturated heterocycles. The van der Waals surface area contributed by atoms with E-state index in [1.54, 1.807) is 0 Å². The molecule has 1 aliphatic carbocycles. The van der Waals surface area contributed by atoms with Crippen LogP contribution in [0.5, 0.6) is 0 Å². The number of rotatable bonds is 3. The fourth-order valence-electron chi connectivity index (χ4n) is 3.42. The number of hydrogen-bond donors (Lipinski definition) is 0. The van der Waals surface area contributed by atoms with E-state index < -0.39 is 0 Å². The Hall–Kier alpha value is -0.0800. The van der Waals surface area contributed by atoms with Gasteiger partial charge in [-0.3, -0.25) is 0 Å². The van der Waals surface area contributed by atoms with Crippen LogP contribution in [-0.2, 0) is 9.47 Å². The highest BCUT2D eigenvalue weighted by molar-refractivity contribution is 4.76. The maximum absolute atomic E-state index is 5.91.